The van der Waals surface area contributed by atoms with Crippen molar-refractivity contribution in [2.24, 2.45) is 0 Å². The van der Waals surface area contributed by atoms with Gasteiger partial charge in [-0.15, -0.1) is 0 Å². The van der Waals surface area contributed by atoms with Crippen LogP contribution in [0.2, 0.25) is 0 Å². The van der Waals surface area contributed by atoms with Crippen LogP contribution in [0.25, 0.3) is 11.1 Å². The maximum Gasteiger partial charge on any atom is 0.490 e. The average molecular weight is 753 g/mol. The molecule has 4 aromatic rings. The van der Waals surface area contributed by atoms with Gasteiger partial charge >= 0.3 is 12.1 Å². The Balaban J connectivity index is 0.000000727. The first-order valence-corrected chi connectivity index (χ1v) is 17.3. The van der Waals surface area contributed by atoms with Crippen molar-refractivity contribution in [1.29, 1.82) is 0 Å². The van der Waals surface area contributed by atoms with Crippen molar-refractivity contribution < 1.29 is 32.7 Å². The highest BCUT2D eigenvalue weighted by Gasteiger charge is 2.38. The average Bonchev–Trinajstić information content (AvgIpc) is 3.63. The Kier molecular flexibility index (Phi) is 14.6. The fourth-order valence-corrected chi connectivity index (χ4v) is 6.10. The molecule has 4 aromatic carbocycles. The number of alkyl halides is 3. The quantitative estimate of drug-likeness (QED) is 0.146. The lowest BCUT2D eigenvalue weighted by Gasteiger charge is -2.24. The predicted molar refractivity (Wildman–Crippen MR) is 192 cm³/mol. The van der Waals surface area contributed by atoms with Gasteiger partial charge in [-0.25, -0.2) is 4.79 Å². The number of hydrogen-bond donors (Lipinski definition) is 2. The summed E-state index contributed by atoms with van der Waals surface area (Å²) in [7, 11) is 0. The lowest BCUT2D eigenvalue weighted by Crippen LogP contribution is -2.33. The summed E-state index contributed by atoms with van der Waals surface area (Å²) in [5.74, 6) is -2.69. The second-order valence-electron chi connectivity index (χ2n) is 12.1. The van der Waals surface area contributed by atoms with Crippen LogP contribution in [0, 0.1) is 0 Å². The zero-order valence-electron chi connectivity index (χ0n) is 27.7. The Morgan fingerprint density at radius 1 is 0.820 bits per heavy atom. The molecular weight excluding hydrogens is 711 g/mol. The fourth-order valence-electron chi connectivity index (χ4n) is 5.67. The molecule has 2 amide bonds. The summed E-state index contributed by atoms with van der Waals surface area (Å²) in [5.41, 5.74) is 6.03. The Hall–Kier alpha value is -4.48. The van der Waals surface area contributed by atoms with E-state index in [1.54, 1.807) is 0 Å². The number of benzene rings is 4. The normalized spacial score (nSPS) is 12.9. The van der Waals surface area contributed by atoms with E-state index in [0.717, 1.165) is 59.2 Å². The van der Waals surface area contributed by atoms with Crippen LogP contribution in [0.1, 0.15) is 46.3 Å². The molecule has 0 bridgehead atoms. The van der Waals surface area contributed by atoms with Crippen LogP contribution in [-0.4, -0.2) is 71.6 Å². The lowest BCUT2D eigenvalue weighted by atomic mass is 10.0. The second-order valence-corrected chi connectivity index (χ2v) is 12.9. The number of carbonyl (C=O) groups excluding carboxylic acids is 2. The van der Waals surface area contributed by atoms with Crippen molar-refractivity contribution in [2.45, 2.75) is 44.8 Å². The first-order chi connectivity index (χ1) is 24.0. The summed E-state index contributed by atoms with van der Waals surface area (Å²) in [5, 5.41) is 10.2. The van der Waals surface area contributed by atoms with E-state index in [0.29, 0.717) is 31.6 Å². The minimum Gasteiger partial charge on any atom is -0.475 e. The molecule has 1 aliphatic heterocycles. The maximum absolute atomic E-state index is 13.6. The van der Waals surface area contributed by atoms with E-state index in [1.807, 2.05) is 65.6 Å². The summed E-state index contributed by atoms with van der Waals surface area (Å²) < 4.78 is 32.7. The molecule has 2 N–H and O–H groups in total. The van der Waals surface area contributed by atoms with Crippen molar-refractivity contribution in [1.82, 2.24) is 15.1 Å². The van der Waals surface area contributed by atoms with Crippen LogP contribution in [0.3, 0.4) is 0 Å². The van der Waals surface area contributed by atoms with Gasteiger partial charge < -0.3 is 20.2 Å². The van der Waals surface area contributed by atoms with Gasteiger partial charge in [-0.3, -0.25) is 9.59 Å². The van der Waals surface area contributed by atoms with Gasteiger partial charge in [-0.2, -0.15) is 13.2 Å². The molecule has 50 heavy (non-hydrogen) atoms. The van der Waals surface area contributed by atoms with Crippen molar-refractivity contribution >= 4 is 33.7 Å². The molecule has 0 aliphatic carbocycles. The summed E-state index contributed by atoms with van der Waals surface area (Å²) in [4.78, 5) is 39.8. The molecule has 1 saturated heterocycles. The number of nitrogens with zero attached hydrogens (tertiary/aromatic N) is 2. The number of nitrogens with one attached hydrogen (secondary N) is 1. The number of rotatable bonds is 13. The number of amides is 2. The Morgan fingerprint density at radius 2 is 1.44 bits per heavy atom. The van der Waals surface area contributed by atoms with Gasteiger partial charge in [0.15, 0.2) is 0 Å². The first-order valence-electron chi connectivity index (χ1n) is 16.5. The second kappa shape index (κ2) is 19.1. The van der Waals surface area contributed by atoms with Crippen LogP contribution < -0.4 is 5.32 Å². The van der Waals surface area contributed by atoms with E-state index in [4.69, 9.17) is 9.90 Å². The molecule has 0 aromatic heterocycles. The third-order valence-corrected chi connectivity index (χ3v) is 9.08. The minimum absolute atomic E-state index is 0.0422. The topological polar surface area (TPSA) is 90.0 Å². The van der Waals surface area contributed by atoms with E-state index < -0.39 is 12.1 Å². The summed E-state index contributed by atoms with van der Waals surface area (Å²) in [6.07, 6.45) is -0.423. The molecule has 5 rings (SSSR count). The maximum atomic E-state index is 13.6. The summed E-state index contributed by atoms with van der Waals surface area (Å²) >= 11 is 3.60. The lowest BCUT2D eigenvalue weighted by molar-refractivity contribution is -0.192. The number of carbonyl (C=O) groups is 3. The minimum atomic E-state index is -5.08. The number of carboxylic acid groups (broad SMARTS) is 1. The molecular formula is C39H41BrF3N3O4. The van der Waals surface area contributed by atoms with Crippen LogP contribution in [-0.2, 0) is 29.0 Å². The van der Waals surface area contributed by atoms with Crippen LogP contribution in [0.4, 0.5) is 13.2 Å². The van der Waals surface area contributed by atoms with E-state index in [2.05, 4.69) is 68.6 Å². The third-order valence-electron chi connectivity index (χ3n) is 8.30. The SMILES string of the molecule is O=C(NCCN1CCCC1)c1cccc(-c2cccc(CN(CCCc3ccccc3)C(=O)Cc3ccccc3Br)c2)c1.O=C(O)C(F)(F)F. The molecule has 11 heteroatoms. The van der Waals surface area contributed by atoms with Gasteiger partial charge in [0.1, 0.15) is 0 Å². The molecule has 0 spiro atoms. The Morgan fingerprint density at radius 3 is 2.12 bits per heavy atom. The van der Waals surface area contributed by atoms with Gasteiger partial charge in [0.2, 0.25) is 5.91 Å². The van der Waals surface area contributed by atoms with E-state index in [9.17, 15) is 22.8 Å². The monoisotopic (exact) mass is 751 g/mol. The van der Waals surface area contributed by atoms with Gasteiger partial charge in [0.05, 0.1) is 6.42 Å². The standard InChI is InChI=1S/C37H40BrN3O2.C2HF3O2/c38-35-19-5-4-15-33(35)27-36(42)41(23-10-14-29-11-2-1-3-12-29)28-30-13-8-16-31(25-30)32-17-9-18-34(26-32)37(43)39-20-24-40-21-6-7-22-40;3-2(4,5)1(6)7/h1-5,8-9,11-13,15-19,25-26H,6-7,10,14,20-24,27-28H2,(H,39,43);(H,6,7). The zero-order chi connectivity index (χ0) is 35.9. The predicted octanol–water partition coefficient (Wildman–Crippen LogP) is 7.78. The van der Waals surface area contributed by atoms with Crippen molar-refractivity contribution in [2.75, 3.05) is 32.7 Å². The molecule has 1 heterocycles. The summed E-state index contributed by atoms with van der Waals surface area (Å²) in [6, 6.07) is 34.5. The number of hydrogen-bond acceptors (Lipinski definition) is 4. The number of aryl methyl sites for hydroxylation is 1. The van der Waals surface area contributed by atoms with Crippen LogP contribution in [0.5, 0.6) is 0 Å². The van der Waals surface area contributed by atoms with E-state index >= 15 is 0 Å². The highest BCUT2D eigenvalue weighted by molar-refractivity contribution is 9.10. The van der Waals surface area contributed by atoms with Gasteiger partial charge in [0, 0.05) is 36.2 Å². The molecule has 7 nitrogen and oxygen atoms in total. The smallest absolute Gasteiger partial charge is 0.475 e. The van der Waals surface area contributed by atoms with E-state index in [1.165, 1.54) is 18.4 Å². The van der Waals surface area contributed by atoms with E-state index in [-0.39, 0.29) is 11.8 Å². The summed E-state index contributed by atoms with van der Waals surface area (Å²) in [6.45, 7) is 5.02. The third kappa shape index (κ3) is 12.4. The Labute approximate surface area is 299 Å². The highest BCUT2D eigenvalue weighted by atomic mass is 79.9. The van der Waals surface area contributed by atoms with Gasteiger partial charge in [0.25, 0.3) is 5.91 Å². The van der Waals surface area contributed by atoms with Crippen LogP contribution in [0.15, 0.2) is 108 Å². The van der Waals surface area contributed by atoms with Crippen molar-refractivity contribution in [3.8, 4) is 11.1 Å². The van der Waals surface area contributed by atoms with Crippen LogP contribution >= 0.6 is 15.9 Å². The number of aliphatic carboxylic acids is 1. The number of likely N-dealkylation sites (tertiary alicyclic amines) is 1. The molecule has 1 fully saturated rings. The van der Waals surface area contributed by atoms with Crippen molar-refractivity contribution in [3.05, 3.63) is 130 Å². The van der Waals surface area contributed by atoms with Crippen molar-refractivity contribution in [3.63, 3.8) is 0 Å². The molecule has 264 valence electrons. The molecule has 0 saturated carbocycles. The molecule has 0 radical (unpaired) electrons. The Bertz CT molecular complexity index is 1710. The number of halogens is 4. The number of carboxylic acids is 1. The zero-order valence-corrected chi connectivity index (χ0v) is 29.3. The highest BCUT2D eigenvalue weighted by Crippen LogP contribution is 2.24. The molecule has 0 unspecified atom stereocenters. The molecule has 1 aliphatic rings. The van der Waals surface area contributed by atoms with Gasteiger partial charge in [-0.1, -0.05) is 94.8 Å². The fraction of sp³-hybridized carbons (Fsp3) is 0.308. The van der Waals surface area contributed by atoms with Gasteiger partial charge in [-0.05, 0) is 90.9 Å². The molecule has 0 atom stereocenters. The first kappa shape index (κ1) is 38.3. The largest absolute Gasteiger partial charge is 0.490 e.